The Labute approximate surface area is 180 Å². The van der Waals surface area contributed by atoms with Gasteiger partial charge in [-0.15, -0.1) is 0 Å². The first-order valence-corrected chi connectivity index (χ1v) is 10.3. The van der Waals surface area contributed by atoms with Crippen LogP contribution >= 0.6 is 0 Å². The van der Waals surface area contributed by atoms with Crippen LogP contribution in [0.2, 0.25) is 0 Å². The molecule has 158 valence electrons. The molecule has 2 aliphatic carbocycles. The predicted octanol–water partition coefficient (Wildman–Crippen LogP) is 4.01. The van der Waals surface area contributed by atoms with Gasteiger partial charge < -0.3 is 19.5 Å². The van der Waals surface area contributed by atoms with Crippen molar-refractivity contribution in [3.05, 3.63) is 69.9 Å². The van der Waals surface area contributed by atoms with Gasteiger partial charge in [0.2, 0.25) is 0 Å². The van der Waals surface area contributed by atoms with Gasteiger partial charge >= 0.3 is 0 Å². The minimum absolute atomic E-state index is 0.0610. The van der Waals surface area contributed by atoms with Crippen LogP contribution in [0.1, 0.15) is 46.7 Å². The first kappa shape index (κ1) is 19.4. The summed E-state index contributed by atoms with van der Waals surface area (Å²) in [5, 5.41) is 3.44. The standard InChI is InChI=1S/C25H23NO5/c1-29-18-12-20(31-3)19(30-2)11-15(18)21-22-16(9-6-10-17(22)27)26-24-13-7-4-5-8-14(13)25(28)23(21)24/h4-5,7-8,11-12,21,26H,6,9-10H2,1-3H3/t21-/m1/s1. The molecule has 1 N–H and O–H groups in total. The number of ketones is 2. The van der Waals surface area contributed by atoms with Gasteiger partial charge in [-0.25, -0.2) is 0 Å². The summed E-state index contributed by atoms with van der Waals surface area (Å²) in [6.45, 7) is 0. The van der Waals surface area contributed by atoms with Crippen LogP contribution in [-0.2, 0) is 4.79 Å². The number of rotatable bonds is 4. The Morgan fingerprint density at radius 3 is 2.23 bits per heavy atom. The van der Waals surface area contributed by atoms with Gasteiger partial charge in [0.1, 0.15) is 5.75 Å². The van der Waals surface area contributed by atoms with Gasteiger partial charge in [0.25, 0.3) is 0 Å². The lowest BCUT2D eigenvalue weighted by molar-refractivity contribution is -0.116. The van der Waals surface area contributed by atoms with Gasteiger partial charge in [-0.3, -0.25) is 9.59 Å². The summed E-state index contributed by atoms with van der Waals surface area (Å²) in [6, 6.07) is 11.1. The number of hydrogen-bond acceptors (Lipinski definition) is 6. The lowest BCUT2D eigenvalue weighted by atomic mass is 9.74. The molecule has 0 bridgehead atoms. The van der Waals surface area contributed by atoms with Crippen molar-refractivity contribution in [2.75, 3.05) is 21.3 Å². The lowest BCUT2D eigenvalue weighted by Crippen LogP contribution is -2.31. The zero-order valence-corrected chi connectivity index (χ0v) is 17.7. The van der Waals surface area contributed by atoms with Crippen LogP contribution < -0.4 is 19.5 Å². The van der Waals surface area contributed by atoms with E-state index in [0.29, 0.717) is 40.4 Å². The zero-order valence-electron chi connectivity index (χ0n) is 17.7. The highest BCUT2D eigenvalue weighted by Gasteiger charge is 2.44. The molecule has 31 heavy (non-hydrogen) atoms. The van der Waals surface area contributed by atoms with Crippen molar-refractivity contribution >= 4 is 17.3 Å². The Bertz CT molecular complexity index is 1190. The largest absolute Gasteiger partial charge is 0.496 e. The summed E-state index contributed by atoms with van der Waals surface area (Å²) in [4.78, 5) is 26.7. The molecule has 2 aromatic rings. The maximum absolute atomic E-state index is 13.5. The molecular weight excluding hydrogens is 394 g/mol. The smallest absolute Gasteiger partial charge is 0.192 e. The number of carbonyl (C=O) groups is 2. The van der Waals surface area contributed by atoms with E-state index in [1.807, 2.05) is 30.3 Å². The molecule has 0 saturated heterocycles. The highest BCUT2D eigenvalue weighted by atomic mass is 16.5. The molecule has 0 fully saturated rings. The average molecular weight is 417 g/mol. The SMILES string of the molecule is COc1cc(OC)c([C@@H]2C3=C(CCCC3=O)NC3=C2C(=O)c2ccccc23)cc1OC. The summed E-state index contributed by atoms with van der Waals surface area (Å²) in [7, 11) is 4.70. The Kier molecular flexibility index (Phi) is 4.58. The van der Waals surface area contributed by atoms with E-state index in [-0.39, 0.29) is 11.6 Å². The van der Waals surface area contributed by atoms with E-state index in [2.05, 4.69) is 5.32 Å². The first-order chi connectivity index (χ1) is 15.1. The molecule has 1 heterocycles. The van der Waals surface area contributed by atoms with E-state index in [9.17, 15) is 9.59 Å². The predicted molar refractivity (Wildman–Crippen MR) is 116 cm³/mol. The molecule has 0 radical (unpaired) electrons. The number of benzene rings is 2. The summed E-state index contributed by atoms with van der Waals surface area (Å²) >= 11 is 0. The summed E-state index contributed by atoms with van der Waals surface area (Å²) in [6.07, 6.45) is 2.02. The first-order valence-electron chi connectivity index (χ1n) is 10.3. The Morgan fingerprint density at radius 2 is 1.52 bits per heavy atom. The van der Waals surface area contributed by atoms with Crippen molar-refractivity contribution in [2.24, 2.45) is 0 Å². The van der Waals surface area contributed by atoms with E-state index in [1.54, 1.807) is 27.4 Å². The second-order valence-corrected chi connectivity index (χ2v) is 7.84. The second kappa shape index (κ2) is 7.30. The van der Waals surface area contributed by atoms with Crippen molar-refractivity contribution in [1.82, 2.24) is 5.32 Å². The molecular formula is C25H23NO5. The number of nitrogens with one attached hydrogen (secondary N) is 1. The molecule has 0 amide bonds. The highest BCUT2D eigenvalue weighted by Crippen LogP contribution is 2.52. The normalized spacial score (nSPS) is 19.5. The van der Waals surface area contributed by atoms with Gasteiger partial charge in [-0.2, -0.15) is 0 Å². The van der Waals surface area contributed by atoms with E-state index in [4.69, 9.17) is 14.2 Å². The molecule has 0 aromatic heterocycles. The van der Waals surface area contributed by atoms with Gasteiger partial charge in [0.05, 0.1) is 27.0 Å². The summed E-state index contributed by atoms with van der Waals surface area (Å²) in [5.41, 5.74) is 5.15. The van der Waals surface area contributed by atoms with E-state index >= 15 is 0 Å². The highest BCUT2D eigenvalue weighted by molar-refractivity contribution is 6.23. The zero-order chi connectivity index (χ0) is 21.7. The molecule has 5 rings (SSSR count). The fourth-order valence-corrected chi connectivity index (χ4v) is 4.93. The molecule has 0 saturated carbocycles. The Hall–Kier alpha value is -3.54. The van der Waals surface area contributed by atoms with Crippen molar-refractivity contribution < 1.29 is 23.8 Å². The minimum atomic E-state index is -0.534. The maximum Gasteiger partial charge on any atom is 0.192 e. The number of ether oxygens (including phenoxy) is 3. The van der Waals surface area contributed by atoms with Gasteiger partial charge in [-0.05, 0) is 18.9 Å². The van der Waals surface area contributed by atoms with E-state index < -0.39 is 5.92 Å². The van der Waals surface area contributed by atoms with Crippen LogP contribution in [0.15, 0.2) is 53.2 Å². The second-order valence-electron chi connectivity index (χ2n) is 7.84. The summed E-state index contributed by atoms with van der Waals surface area (Å²) < 4.78 is 16.7. The molecule has 6 nitrogen and oxygen atoms in total. The minimum Gasteiger partial charge on any atom is -0.496 e. The molecule has 2 aromatic carbocycles. The van der Waals surface area contributed by atoms with Crippen LogP contribution in [0.5, 0.6) is 17.2 Å². The van der Waals surface area contributed by atoms with Crippen LogP contribution in [0.25, 0.3) is 5.70 Å². The average Bonchev–Trinajstić information content (AvgIpc) is 3.09. The fraction of sp³-hybridized carbons (Fsp3) is 0.280. The van der Waals surface area contributed by atoms with Crippen molar-refractivity contribution in [2.45, 2.75) is 25.2 Å². The molecule has 0 spiro atoms. The summed E-state index contributed by atoms with van der Waals surface area (Å²) in [5.74, 6) is 1.05. The number of fused-ring (bicyclic) bond motifs is 2. The third-order valence-corrected chi connectivity index (χ3v) is 6.31. The van der Waals surface area contributed by atoms with Gasteiger partial charge in [0.15, 0.2) is 23.1 Å². The number of allylic oxidation sites excluding steroid dienone is 3. The molecule has 1 aliphatic heterocycles. The molecule has 3 aliphatic rings. The topological polar surface area (TPSA) is 73.9 Å². The number of methoxy groups -OCH3 is 3. The van der Waals surface area contributed by atoms with E-state index in [0.717, 1.165) is 35.4 Å². The number of dihydropyridines is 1. The van der Waals surface area contributed by atoms with Crippen LogP contribution in [0.4, 0.5) is 0 Å². The number of Topliss-reactive ketones (excluding diaryl/α,β-unsaturated/α-hetero) is 2. The Morgan fingerprint density at radius 1 is 0.839 bits per heavy atom. The third kappa shape index (κ3) is 2.78. The van der Waals surface area contributed by atoms with E-state index in [1.165, 1.54) is 0 Å². The number of hydrogen-bond donors (Lipinski definition) is 1. The third-order valence-electron chi connectivity index (χ3n) is 6.31. The quantitative estimate of drug-likeness (QED) is 0.810. The van der Waals surface area contributed by atoms with Crippen LogP contribution in [-0.4, -0.2) is 32.9 Å². The van der Waals surface area contributed by atoms with Gasteiger partial charge in [0, 0.05) is 51.9 Å². The molecule has 6 heteroatoms. The number of carbonyl (C=O) groups excluding carboxylic acids is 2. The maximum atomic E-state index is 13.5. The lowest BCUT2D eigenvalue weighted by Gasteiger charge is -2.34. The van der Waals surface area contributed by atoms with Crippen LogP contribution in [0.3, 0.4) is 0 Å². The van der Waals surface area contributed by atoms with Crippen molar-refractivity contribution in [3.63, 3.8) is 0 Å². The van der Waals surface area contributed by atoms with Crippen molar-refractivity contribution in [1.29, 1.82) is 0 Å². The fourth-order valence-electron chi connectivity index (χ4n) is 4.93. The monoisotopic (exact) mass is 417 g/mol. The molecule has 0 unspecified atom stereocenters. The van der Waals surface area contributed by atoms with Gasteiger partial charge in [-0.1, -0.05) is 24.3 Å². The van der Waals surface area contributed by atoms with Crippen LogP contribution in [0, 0.1) is 0 Å². The van der Waals surface area contributed by atoms with Crippen molar-refractivity contribution in [3.8, 4) is 17.2 Å². The molecule has 1 atom stereocenters. The Balaban J connectivity index is 1.79.